The number of nitrogens with one attached hydrogen (secondary N) is 1. The number of hydrogen-bond donors (Lipinski definition) is 3. The van der Waals surface area contributed by atoms with Crippen molar-refractivity contribution >= 4 is 29.2 Å². The van der Waals surface area contributed by atoms with Crippen LogP contribution in [-0.2, 0) is 11.2 Å². The van der Waals surface area contributed by atoms with Crippen LogP contribution in [0.4, 0.5) is 5.82 Å². The highest BCUT2D eigenvalue weighted by Crippen LogP contribution is 2.25. The van der Waals surface area contributed by atoms with Gasteiger partial charge in [-0.2, -0.15) is 0 Å². The minimum absolute atomic E-state index is 0.109. The van der Waals surface area contributed by atoms with Gasteiger partial charge in [0.2, 0.25) is 11.2 Å². The zero-order valence-electron chi connectivity index (χ0n) is 17.8. The fraction of sp³-hybridized carbons (Fsp3) is 0.455. The van der Waals surface area contributed by atoms with Crippen LogP contribution in [0.1, 0.15) is 47.8 Å². The third-order valence-corrected chi connectivity index (χ3v) is 5.98. The monoisotopic (exact) mass is 445 g/mol. The van der Waals surface area contributed by atoms with Crippen molar-refractivity contribution in [2.75, 3.05) is 18.8 Å². The van der Waals surface area contributed by atoms with E-state index < -0.39 is 11.9 Å². The van der Waals surface area contributed by atoms with Crippen molar-refractivity contribution < 1.29 is 14.7 Å². The second kappa shape index (κ2) is 9.96. The molecular weight excluding hydrogens is 418 g/mol. The number of para-hydroxylation sites is 1. The Kier molecular flexibility index (Phi) is 7.33. The zero-order chi connectivity index (χ0) is 22.5. The molecule has 1 fully saturated rings. The summed E-state index contributed by atoms with van der Waals surface area (Å²) in [7, 11) is 0. The lowest BCUT2D eigenvalue weighted by Crippen LogP contribution is -2.49. The summed E-state index contributed by atoms with van der Waals surface area (Å²) >= 11 is 5.84. The third-order valence-electron chi connectivity index (χ3n) is 5.81. The molecule has 31 heavy (non-hydrogen) atoms. The minimum Gasteiger partial charge on any atom is -0.507 e. The van der Waals surface area contributed by atoms with E-state index in [4.69, 9.17) is 17.3 Å². The molecule has 0 spiro atoms. The molecule has 0 saturated carbocycles. The van der Waals surface area contributed by atoms with Crippen molar-refractivity contribution in [1.82, 2.24) is 20.2 Å². The number of halogens is 1. The normalized spacial score (nSPS) is 15.5. The first-order valence-corrected chi connectivity index (χ1v) is 10.8. The van der Waals surface area contributed by atoms with Crippen LogP contribution < -0.4 is 11.1 Å². The first kappa shape index (κ1) is 22.8. The molecule has 0 aliphatic carbocycles. The van der Waals surface area contributed by atoms with E-state index in [2.05, 4.69) is 15.3 Å². The summed E-state index contributed by atoms with van der Waals surface area (Å²) in [4.78, 5) is 35.1. The standard InChI is InChI=1S/C22H28ClN5O3/c1-13-16(19(24)27-22(23)26-13)8-7-15-9-11-28(12-10-15)21(31)14(2)25-20(30)17-5-3-4-6-18(17)29/h3-6,14-15,29H,7-12H2,1-2H3,(H,25,30)(H2,24,26,27). The Morgan fingerprint density at radius 3 is 2.61 bits per heavy atom. The molecule has 2 aromatic rings. The van der Waals surface area contributed by atoms with Gasteiger partial charge in [0.15, 0.2) is 0 Å². The Hall–Kier alpha value is -2.87. The number of piperidine rings is 1. The summed E-state index contributed by atoms with van der Waals surface area (Å²) in [6, 6.07) is 5.60. The number of phenolic OH excluding ortho intramolecular Hbond substituents is 1. The number of aromatic hydroxyl groups is 1. The lowest BCUT2D eigenvalue weighted by molar-refractivity contribution is -0.134. The number of rotatable bonds is 6. The van der Waals surface area contributed by atoms with Crippen LogP contribution >= 0.6 is 11.6 Å². The molecule has 1 atom stereocenters. The topological polar surface area (TPSA) is 121 Å². The van der Waals surface area contributed by atoms with E-state index in [1.807, 2.05) is 6.92 Å². The molecule has 1 unspecified atom stereocenters. The number of aromatic nitrogens is 2. The maximum absolute atomic E-state index is 12.8. The van der Waals surface area contributed by atoms with Gasteiger partial charge in [0.25, 0.3) is 5.91 Å². The molecular formula is C22H28ClN5O3. The molecule has 1 aromatic heterocycles. The number of nitrogen functional groups attached to an aromatic ring is 1. The highest BCUT2D eigenvalue weighted by molar-refractivity contribution is 6.28. The smallest absolute Gasteiger partial charge is 0.255 e. The average Bonchev–Trinajstić information content (AvgIpc) is 2.73. The van der Waals surface area contributed by atoms with Gasteiger partial charge < -0.3 is 21.1 Å². The number of nitrogens with two attached hydrogens (primary N) is 1. The van der Waals surface area contributed by atoms with Gasteiger partial charge in [-0.1, -0.05) is 12.1 Å². The third kappa shape index (κ3) is 5.64. The Morgan fingerprint density at radius 1 is 1.29 bits per heavy atom. The average molecular weight is 446 g/mol. The molecule has 9 heteroatoms. The van der Waals surface area contributed by atoms with Crippen LogP contribution in [0.5, 0.6) is 5.75 Å². The number of anilines is 1. The Balaban J connectivity index is 1.48. The Labute approximate surface area is 186 Å². The fourth-order valence-electron chi connectivity index (χ4n) is 3.96. The minimum atomic E-state index is -0.669. The number of aryl methyl sites for hydroxylation is 1. The van der Waals surface area contributed by atoms with Crippen molar-refractivity contribution in [1.29, 1.82) is 0 Å². The highest BCUT2D eigenvalue weighted by Gasteiger charge is 2.27. The summed E-state index contributed by atoms with van der Waals surface area (Å²) in [5.41, 5.74) is 7.88. The molecule has 2 heterocycles. The second-order valence-corrected chi connectivity index (χ2v) is 8.30. The van der Waals surface area contributed by atoms with Gasteiger partial charge in [-0.3, -0.25) is 9.59 Å². The van der Waals surface area contributed by atoms with Crippen LogP contribution in [0, 0.1) is 12.8 Å². The number of amides is 2. The van der Waals surface area contributed by atoms with E-state index >= 15 is 0 Å². The van der Waals surface area contributed by atoms with Crippen LogP contribution in [0.3, 0.4) is 0 Å². The van der Waals surface area contributed by atoms with E-state index in [9.17, 15) is 14.7 Å². The Bertz CT molecular complexity index is 937. The molecule has 2 amide bonds. The molecule has 4 N–H and O–H groups in total. The van der Waals surface area contributed by atoms with Crippen molar-refractivity contribution in [3.05, 3.63) is 46.4 Å². The number of benzene rings is 1. The van der Waals surface area contributed by atoms with E-state index in [0.717, 1.165) is 36.9 Å². The van der Waals surface area contributed by atoms with Crippen molar-refractivity contribution in [2.45, 2.75) is 45.6 Å². The predicted molar refractivity (Wildman–Crippen MR) is 119 cm³/mol. The highest BCUT2D eigenvalue weighted by atomic mass is 35.5. The van der Waals surface area contributed by atoms with E-state index in [1.165, 1.54) is 12.1 Å². The molecule has 166 valence electrons. The molecule has 1 saturated heterocycles. The van der Waals surface area contributed by atoms with E-state index in [0.29, 0.717) is 24.8 Å². The lowest BCUT2D eigenvalue weighted by atomic mass is 9.90. The molecule has 0 radical (unpaired) electrons. The van der Waals surface area contributed by atoms with Gasteiger partial charge in [-0.25, -0.2) is 9.97 Å². The lowest BCUT2D eigenvalue weighted by Gasteiger charge is -2.34. The number of likely N-dealkylation sites (tertiary alicyclic amines) is 1. The van der Waals surface area contributed by atoms with Crippen LogP contribution in [0.25, 0.3) is 0 Å². The first-order valence-electron chi connectivity index (χ1n) is 10.4. The fourth-order valence-corrected chi connectivity index (χ4v) is 4.18. The number of nitrogens with zero attached hydrogens (tertiary/aromatic N) is 3. The molecule has 1 aliphatic rings. The summed E-state index contributed by atoms with van der Waals surface area (Å²) in [5.74, 6) is 0.214. The largest absolute Gasteiger partial charge is 0.507 e. The molecule has 8 nitrogen and oxygen atoms in total. The number of carbonyl (C=O) groups excluding carboxylic acids is 2. The number of carbonyl (C=O) groups is 2. The maximum Gasteiger partial charge on any atom is 0.255 e. The van der Waals surface area contributed by atoms with Crippen LogP contribution in [0.2, 0.25) is 5.28 Å². The van der Waals surface area contributed by atoms with E-state index in [-0.39, 0.29) is 22.5 Å². The summed E-state index contributed by atoms with van der Waals surface area (Å²) < 4.78 is 0. The second-order valence-electron chi connectivity index (χ2n) is 7.96. The van der Waals surface area contributed by atoms with Crippen molar-refractivity contribution in [3.63, 3.8) is 0 Å². The predicted octanol–water partition coefficient (Wildman–Crippen LogP) is 2.72. The number of hydrogen-bond acceptors (Lipinski definition) is 6. The summed E-state index contributed by atoms with van der Waals surface area (Å²) in [6.07, 6.45) is 3.50. The van der Waals surface area contributed by atoms with Gasteiger partial charge in [-0.15, -0.1) is 0 Å². The summed E-state index contributed by atoms with van der Waals surface area (Å²) in [5, 5.41) is 12.7. The first-order chi connectivity index (χ1) is 14.8. The van der Waals surface area contributed by atoms with Gasteiger partial charge in [0.1, 0.15) is 17.6 Å². The van der Waals surface area contributed by atoms with Crippen molar-refractivity contribution in [2.24, 2.45) is 5.92 Å². The molecule has 1 aliphatic heterocycles. The molecule has 3 rings (SSSR count). The Morgan fingerprint density at radius 2 is 1.97 bits per heavy atom. The zero-order valence-corrected chi connectivity index (χ0v) is 18.5. The van der Waals surface area contributed by atoms with Gasteiger partial charge >= 0.3 is 0 Å². The molecule has 1 aromatic carbocycles. The van der Waals surface area contributed by atoms with Gasteiger partial charge in [0.05, 0.1) is 5.56 Å². The van der Waals surface area contributed by atoms with Crippen LogP contribution in [0.15, 0.2) is 24.3 Å². The molecule has 0 bridgehead atoms. The van der Waals surface area contributed by atoms with Crippen molar-refractivity contribution in [3.8, 4) is 5.75 Å². The van der Waals surface area contributed by atoms with Crippen LogP contribution in [-0.4, -0.2) is 50.9 Å². The van der Waals surface area contributed by atoms with Gasteiger partial charge in [-0.05, 0) is 69.2 Å². The SMILES string of the molecule is Cc1nc(Cl)nc(N)c1CCC1CCN(C(=O)C(C)NC(=O)c2ccccc2O)CC1. The maximum atomic E-state index is 12.8. The number of phenols is 1. The summed E-state index contributed by atoms with van der Waals surface area (Å²) in [6.45, 7) is 4.83. The quantitative estimate of drug-likeness (QED) is 0.588. The van der Waals surface area contributed by atoms with Gasteiger partial charge in [0, 0.05) is 24.3 Å². The van der Waals surface area contributed by atoms with E-state index in [1.54, 1.807) is 24.0 Å².